The number of carboxylic acids is 2. The smallest absolute Gasteiger partial charge is 0.335 e. The quantitative estimate of drug-likeness (QED) is 0.0226. The molecule has 0 bridgehead atoms. The first-order chi connectivity index (χ1) is 53.2. The fraction of sp³-hybridized carbons (Fsp3) is 0.409. The Hall–Kier alpha value is -10.5. The van der Waals surface area contributed by atoms with Crippen molar-refractivity contribution in [1.82, 2.24) is 19.8 Å². The van der Waals surface area contributed by atoms with Gasteiger partial charge < -0.3 is 74.3 Å². The van der Waals surface area contributed by atoms with Gasteiger partial charge in [0.25, 0.3) is 5.91 Å². The molecule has 21 nitrogen and oxygen atoms in total. The van der Waals surface area contributed by atoms with Crippen LogP contribution in [-0.2, 0) is 55.0 Å². The molecule has 2 aliphatic carbocycles. The van der Waals surface area contributed by atoms with Gasteiger partial charge in [-0.3, -0.25) is 24.0 Å². The normalized spacial score (nSPS) is 16.3. The summed E-state index contributed by atoms with van der Waals surface area (Å²) >= 11 is 0. The molecule has 6 aliphatic rings. The van der Waals surface area contributed by atoms with Gasteiger partial charge in [-0.2, -0.15) is 0 Å². The third kappa shape index (κ3) is 19.2. The molecule has 6 N–H and O–H groups in total. The molecule has 21 heteroatoms. The van der Waals surface area contributed by atoms with Crippen LogP contribution in [0.1, 0.15) is 164 Å². The number of fused-ring (bicyclic) bond motifs is 2. The molecule has 4 aliphatic heterocycles. The molecular weight excluding hydrogens is 1380 g/mol. The molecule has 0 spiro atoms. The van der Waals surface area contributed by atoms with Crippen molar-refractivity contribution in [2.24, 2.45) is 5.73 Å². The molecule has 0 unspecified atom stereocenters. The third-order valence-corrected chi connectivity index (χ3v) is 21.7. The SMILES string of the molecule is C=CCCN.C=CCCNC(=O)Cn1c(-c2ccc(OCc3cc(N4CCCC4=O)ccc3N3CCOCC3)cc2)c(C2CCCCC2)c2ccc(C(=O)NCCC=C)cc21.O=C(O)Cn1c(-c2ccc(OCc3cc(N4CCCC4=O)ccc3N3CCOCC3)cc2)c(C2CCCCC2)c2ccc(C(=O)O)cc21. The number of ether oxygens (including phenoxy) is 4. The second kappa shape index (κ2) is 38.1. The lowest BCUT2D eigenvalue weighted by Crippen LogP contribution is -2.37. The van der Waals surface area contributed by atoms with Crippen molar-refractivity contribution in [2.45, 2.75) is 147 Å². The first-order valence-electron chi connectivity index (χ1n) is 39.1. The van der Waals surface area contributed by atoms with Gasteiger partial charge in [0, 0.05) is 115 Å². The van der Waals surface area contributed by atoms with Crippen LogP contribution in [-0.4, -0.2) is 140 Å². The van der Waals surface area contributed by atoms with Crippen LogP contribution < -0.4 is 45.4 Å². The molecule has 8 aromatic rings. The van der Waals surface area contributed by atoms with Crippen molar-refractivity contribution in [3.63, 3.8) is 0 Å². The maximum atomic E-state index is 13.5. The van der Waals surface area contributed by atoms with Gasteiger partial charge in [-0.15, -0.1) is 19.7 Å². The van der Waals surface area contributed by atoms with Gasteiger partial charge in [0.2, 0.25) is 17.7 Å². The second-order valence-electron chi connectivity index (χ2n) is 28.9. The van der Waals surface area contributed by atoms with Crippen LogP contribution in [0.5, 0.6) is 11.5 Å². The van der Waals surface area contributed by atoms with Gasteiger partial charge in [0.15, 0.2) is 0 Å². The monoisotopic (exact) mass is 1480 g/mol. The standard InChI is InChI=1S/C46H55N5O5.C38H41N3O7.C4H9N/c1-3-5-22-47-42(52)31-51-41-30-35(46(54)48-23-6-4-2)16-20-39(41)44(33-11-8-7-9-12-33)45(51)34-14-18-38(19-15-34)56-32-36-29-37(50-24-10-13-43(50)53)17-21-40(36)49-25-27-55-28-26-49;42-34-7-4-16-40(34)29-11-15-32(39-17-19-47-20-18-39)28(21-29)24-48-30-12-8-26(9-13-30)37-36(25-5-2-1-3-6-25)31-14-10-27(38(45)46)22-33(31)41(37)23-35(43)44;1-2-3-4-5/h3-4,14-21,29-30,33H,1-2,5-13,22-28,31-32H2,(H,47,52)(H,48,54);8-15,21-22,25H,1-7,16-20,23-24H2,(H,43,44)(H,45,46);2H,1,3-5H2. The Kier molecular flexibility index (Phi) is 27.3. The number of morpholine rings is 2. The Morgan fingerprint density at radius 2 is 0.945 bits per heavy atom. The summed E-state index contributed by atoms with van der Waals surface area (Å²) in [5.74, 6) is 0.0270. The van der Waals surface area contributed by atoms with E-state index >= 15 is 0 Å². The number of rotatable bonds is 28. The molecule has 0 radical (unpaired) electrons. The maximum absolute atomic E-state index is 13.5. The van der Waals surface area contributed by atoms with Crippen LogP contribution in [0, 0.1) is 0 Å². The van der Waals surface area contributed by atoms with Gasteiger partial charge in [-0.25, -0.2) is 4.79 Å². The Morgan fingerprint density at radius 1 is 0.505 bits per heavy atom. The van der Waals surface area contributed by atoms with Crippen molar-refractivity contribution in [3.05, 3.63) is 193 Å². The van der Waals surface area contributed by atoms with E-state index in [0.29, 0.717) is 101 Å². The predicted octanol–water partition coefficient (Wildman–Crippen LogP) is 15.1. The Bertz CT molecular complexity index is 4540. The molecule has 6 heterocycles. The number of aromatic nitrogens is 2. The molecule has 4 saturated heterocycles. The van der Waals surface area contributed by atoms with E-state index in [4.69, 9.17) is 24.7 Å². The molecule has 109 heavy (non-hydrogen) atoms. The van der Waals surface area contributed by atoms with Gasteiger partial charge >= 0.3 is 11.9 Å². The van der Waals surface area contributed by atoms with Crippen molar-refractivity contribution >= 4 is 80.1 Å². The number of nitrogens with one attached hydrogen (secondary N) is 2. The Morgan fingerprint density at radius 3 is 1.36 bits per heavy atom. The summed E-state index contributed by atoms with van der Waals surface area (Å²) in [6, 6.07) is 39.4. The first-order valence-corrected chi connectivity index (χ1v) is 39.1. The number of nitrogens with two attached hydrogens (primary N) is 1. The van der Waals surface area contributed by atoms with E-state index < -0.39 is 11.9 Å². The molecule has 0 atom stereocenters. The molecule has 574 valence electrons. The summed E-state index contributed by atoms with van der Waals surface area (Å²) in [6.45, 7) is 20.6. The number of carbonyl (C=O) groups is 6. The summed E-state index contributed by atoms with van der Waals surface area (Å²) in [7, 11) is 0. The van der Waals surface area contributed by atoms with Crippen LogP contribution >= 0.6 is 0 Å². The minimum absolute atomic E-state index is 0.0880. The van der Waals surface area contributed by atoms with Crippen molar-refractivity contribution in [2.75, 3.05) is 105 Å². The fourth-order valence-electron chi connectivity index (χ4n) is 16.3. The summed E-state index contributed by atoms with van der Waals surface area (Å²) in [5, 5.41) is 27.7. The number of anilines is 4. The zero-order valence-corrected chi connectivity index (χ0v) is 62.8. The highest BCUT2D eigenvalue weighted by molar-refractivity contribution is 6.02. The zero-order chi connectivity index (χ0) is 76.2. The summed E-state index contributed by atoms with van der Waals surface area (Å²) < 4.78 is 28.0. The minimum Gasteiger partial charge on any atom is -0.489 e. The maximum Gasteiger partial charge on any atom is 0.335 e. The lowest BCUT2D eigenvalue weighted by Gasteiger charge is -2.31. The van der Waals surface area contributed by atoms with E-state index in [9.17, 15) is 39.0 Å². The molecule has 6 fully saturated rings. The summed E-state index contributed by atoms with van der Waals surface area (Å²) in [6.07, 6.45) is 21.7. The lowest BCUT2D eigenvalue weighted by molar-refractivity contribution is -0.137. The van der Waals surface area contributed by atoms with Crippen LogP contribution in [0.4, 0.5) is 22.7 Å². The highest BCUT2D eigenvalue weighted by Crippen LogP contribution is 2.47. The van der Waals surface area contributed by atoms with E-state index in [1.54, 1.807) is 34.9 Å². The minimum atomic E-state index is -1.04. The number of hydrogen-bond acceptors (Lipinski definition) is 13. The van der Waals surface area contributed by atoms with E-state index in [1.165, 1.54) is 18.4 Å². The summed E-state index contributed by atoms with van der Waals surface area (Å²) in [5.41, 5.74) is 19.3. The van der Waals surface area contributed by atoms with Crippen LogP contribution in [0.3, 0.4) is 0 Å². The van der Waals surface area contributed by atoms with Crippen LogP contribution in [0.25, 0.3) is 44.3 Å². The third-order valence-electron chi connectivity index (χ3n) is 21.7. The number of nitrogens with zero attached hydrogens (tertiary/aromatic N) is 6. The van der Waals surface area contributed by atoms with Crippen molar-refractivity contribution < 1.29 is 57.9 Å². The van der Waals surface area contributed by atoms with E-state index in [0.717, 1.165) is 200 Å². The van der Waals surface area contributed by atoms with Crippen molar-refractivity contribution in [1.29, 1.82) is 0 Å². The summed E-state index contributed by atoms with van der Waals surface area (Å²) in [4.78, 5) is 84.3. The average molecular weight is 1480 g/mol. The number of aliphatic carboxylic acids is 1. The number of carboxylic acid groups (broad SMARTS) is 2. The van der Waals surface area contributed by atoms with Crippen molar-refractivity contribution in [3.8, 4) is 34.0 Å². The predicted molar refractivity (Wildman–Crippen MR) is 431 cm³/mol. The van der Waals surface area contributed by atoms with Gasteiger partial charge in [-0.1, -0.05) is 68.9 Å². The highest BCUT2D eigenvalue weighted by Gasteiger charge is 2.32. The van der Waals surface area contributed by atoms with E-state index in [2.05, 4.69) is 87.2 Å². The number of benzene rings is 6. The topological polar surface area (TPSA) is 253 Å². The average Bonchev–Trinajstić information content (AvgIpc) is 1.59. The van der Waals surface area contributed by atoms with E-state index in [1.807, 2.05) is 76.5 Å². The van der Waals surface area contributed by atoms with Crippen LogP contribution in [0.2, 0.25) is 0 Å². The highest BCUT2D eigenvalue weighted by atomic mass is 16.5. The van der Waals surface area contributed by atoms with Gasteiger partial charge in [0.1, 0.15) is 37.8 Å². The molecule has 2 saturated carbocycles. The number of aromatic carboxylic acids is 1. The second-order valence-corrected chi connectivity index (χ2v) is 28.9. The number of carbonyl (C=O) groups excluding carboxylic acids is 4. The molecule has 6 aromatic carbocycles. The lowest BCUT2D eigenvalue weighted by atomic mass is 9.81. The largest absolute Gasteiger partial charge is 0.489 e. The number of amides is 4. The Balaban J connectivity index is 0.000000193. The van der Waals surface area contributed by atoms with Gasteiger partial charge in [-0.05, 0) is 208 Å². The van der Waals surface area contributed by atoms with Crippen LogP contribution in [0.15, 0.2) is 159 Å². The molecule has 4 amide bonds. The fourth-order valence-corrected chi connectivity index (χ4v) is 16.3. The van der Waals surface area contributed by atoms with Gasteiger partial charge in [0.05, 0.1) is 54.4 Å². The number of hydrogen-bond donors (Lipinski definition) is 5. The molecule has 2 aromatic heterocycles. The zero-order valence-electron chi connectivity index (χ0n) is 62.8. The molecule has 14 rings (SSSR count). The Labute approximate surface area is 639 Å². The van der Waals surface area contributed by atoms with E-state index in [-0.39, 0.29) is 48.2 Å². The first kappa shape index (κ1) is 78.1. The molecular formula is C88H105N9O12.